The summed E-state index contributed by atoms with van der Waals surface area (Å²) in [5.74, 6) is 3.34. The van der Waals surface area contributed by atoms with E-state index in [1.165, 1.54) is 27.8 Å². The average molecular weight is 791 g/mol. The number of ether oxygens (including phenoxy) is 5. The second kappa shape index (κ2) is 16.2. The van der Waals surface area contributed by atoms with Crippen LogP contribution in [0.3, 0.4) is 0 Å². The lowest BCUT2D eigenvalue weighted by atomic mass is 9.59. The number of rotatable bonds is 7. The maximum atomic E-state index is 14.5. The average Bonchev–Trinajstić information content (AvgIpc) is 3.49. The standard InChI is InChI=1S/C48H55ClN2O6/c1-31-9-11-33(12-10-31)29-53-21-15-39-30-56-43-27-40-35(25-44(43)57-39)24-36-23-32(2)28-55-42-13-20-50-41-8-3-5-34(45(41)42)14-22-54-46(52)48(18-16-47(36,40)17-19-48)51-38-7-4-6-37(49)26-38/h4,6-7,9-13,20,25-27,32,34,36,39,51H,3,5,8,14-19,21-24,28-30H2,1-2H3/t32-,34+,36+,39-,47?,48?/m1/s1. The van der Waals surface area contributed by atoms with Gasteiger partial charge in [0.2, 0.25) is 0 Å². The Morgan fingerprint density at radius 1 is 0.930 bits per heavy atom. The Kier molecular flexibility index (Phi) is 10.9. The summed E-state index contributed by atoms with van der Waals surface area (Å²) >= 11 is 6.47. The first kappa shape index (κ1) is 38.3. The van der Waals surface area contributed by atoms with Crippen molar-refractivity contribution in [1.82, 2.24) is 4.98 Å². The maximum absolute atomic E-state index is 14.5. The van der Waals surface area contributed by atoms with Gasteiger partial charge in [-0.1, -0.05) is 54.4 Å². The number of pyridine rings is 1. The fourth-order valence-electron chi connectivity index (χ4n) is 10.5. The monoisotopic (exact) mass is 790 g/mol. The van der Waals surface area contributed by atoms with Gasteiger partial charge in [0.15, 0.2) is 11.5 Å². The molecule has 10 rings (SSSR count). The predicted molar refractivity (Wildman–Crippen MR) is 222 cm³/mol. The lowest BCUT2D eigenvalue weighted by Crippen LogP contribution is -2.54. The normalized spacial score (nSPS) is 28.0. The molecule has 0 amide bonds. The molecule has 2 bridgehead atoms. The van der Waals surface area contributed by atoms with Crippen LogP contribution in [0.5, 0.6) is 17.2 Å². The highest BCUT2D eigenvalue weighted by Crippen LogP contribution is 2.58. The number of hydrogen-bond acceptors (Lipinski definition) is 8. The number of esters is 1. The summed E-state index contributed by atoms with van der Waals surface area (Å²) in [4.78, 5) is 19.3. The second-order valence-corrected chi connectivity index (χ2v) is 17.9. The van der Waals surface area contributed by atoms with E-state index in [1.807, 2.05) is 36.5 Å². The molecular formula is C48H55ClN2O6. The molecule has 8 nitrogen and oxygen atoms in total. The van der Waals surface area contributed by atoms with Gasteiger partial charge in [0.25, 0.3) is 0 Å². The Balaban J connectivity index is 0.988. The van der Waals surface area contributed by atoms with Crippen molar-refractivity contribution >= 4 is 23.3 Å². The third-order valence-corrected chi connectivity index (χ3v) is 13.8. The molecule has 1 fully saturated rings. The Bertz CT molecular complexity index is 2080. The minimum Gasteiger partial charge on any atom is -0.493 e. The van der Waals surface area contributed by atoms with Crippen LogP contribution >= 0.6 is 11.6 Å². The van der Waals surface area contributed by atoms with Gasteiger partial charge in [0.05, 0.1) is 26.4 Å². The van der Waals surface area contributed by atoms with E-state index in [0.29, 0.717) is 62.7 Å². The quantitative estimate of drug-likeness (QED) is 0.146. The zero-order valence-electron chi connectivity index (χ0n) is 33.3. The summed E-state index contributed by atoms with van der Waals surface area (Å²) in [5, 5.41) is 4.32. The van der Waals surface area contributed by atoms with Gasteiger partial charge in [-0.05, 0) is 147 Å². The van der Waals surface area contributed by atoms with Gasteiger partial charge in [-0.15, -0.1) is 0 Å². The number of aromatic nitrogens is 1. The molecule has 1 saturated carbocycles. The molecule has 0 unspecified atom stereocenters. The van der Waals surface area contributed by atoms with E-state index in [2.05, 4.69) is 55.6 Å². The van der Waals surface area contributed by atoms with E-state index in [0.717, 1.165) is 86.4 Å². The number of anilines is 1. The molecule has 3 aliphatic heterocycles. The Morgan fingerprint density at radius 2 is 1.77 bits per heavy atom. The van der Waals surface area contributed by atoms with Crippen LogP contribution in [-0.2, 0) is 39.1 Å². The highest BCUT2D eigenvalue weighted by atomic mass is 35.5. The topological polar surface area (TPSA) is 88.1 Å². The summed E-state index contributed by atoms with van der Waals surface area (Å²) < 4.78 is 32.1. The van der Waals surface area contributed by atoms with Crippen molar-refractivity contribution in [1.29, 1.82) is 0 Å². The van der Waals surface area contributed by atoms with Crippen LogP contribution in [0, 0.1) is 18.8 Å². The summed E-state index contributed by atoms with van der Waals surface area (Å²) in [7, 11) is 0. The number of hydrogen-bond donors (Lipinski definition) is 1. The summed E-state index contributed by atoms with van der Waals surface area (Å²) in [6, 6.07) is 22.7. The number of carbonyl (C=O) groups is 1. The van der Waals surface area contributed by atoms with Gasteiger partial charge in [-0.2, -0.15) is 0 Å². The molecule has 1 aromatic heterocycles. The van der Waals surface area contributed by atoms with Crippen LogP contribution in [0.25, 0.3) is 0 Å². The van der Waals surface area contributed by atoms with Crippen molar-refractivity contribution < 1.29 is 28.5 Å². The number of nitrogens with zero attached hydrogens (tertiary/aromatic N) is 1. The van der Waals surface area contributed by atoms with Crippen LogP contribution in [-0.4, -0.2) is 49.0 Å². The van der Waals surface area contributed by atoms with Crippen molar-refractivity contribution in [2.45, 2.75) is 114 Å². The van der Waals surface area contributed by atoms with Gasteiger partial charge in [-0.25, -0.2) is 4.79 Å². The fraction of sp³-hybridized carbons (Fsp3) is 0.500. The van der Waals surface area contributed by atoms with Crippen molar-refractivity contribution in [2.75, 3.05) is 31.7 Å². The first-order valence-corrected chi connectivity index (χ1v) is 21.6. The van der Waals surface area contributed by atoms with Gasteiger partial charge in [-0.3, -0.25) is 4.98 Å². The number of carbonyl (C=O) groups excluding carboxylic acids is 1. The van der Waals surface area contributed by atoms with E-state index in [1.54, 1.807) is 0 Å². The number of halogens is 1. The molecule has 0 saturated heterocycles. The number of fused-ring (bicyclic) bond motifs is 10. The van der Waals surface area contributed by atoms with Crippen LogP contribution in [0.4, 0.5) is 5.69 Å². The van der Waals surface area contributed by atoms with Crippen molar-refractivity contribution in [3.8, 4) is 17.2 Å². The lowest BCUT2D eigenvalue weighted by Gasteiger charge is -2.48. The van der Waals surface area contributed by atoms with Crippen molar-refractivity contribution in [3.05, 3.63) is 111 Å². The molecule has 1 N–H and O–H groups in total. The van der Waals surface area contributed by atoms with Gasteiger partial charge < -0.3 is 29.0 Å². The molecule has 4 atom stereocenters. The van der Waals surface area contributed by atoms with E-state index >= 15 is 0 Å². The summed E-state index contributed by atoms with van der Waals surface area (Å²) in [5.41, 5.74) is 7.27. The van der Waals surface area contributed by atoms with Crippen molar-refractivity contribution in [3.63, 3.8) is 0 Å². The van der Waals surface area contributed by atoms with E-state index in [4.69, 9.17) is 40.3 Å². The zero-order valence-corrected chi connectivity index (χ0v) is 34.1. The lowest BCUT2D eigenvalue weighted by molar-refractivity contribution is -0.151. The highest BCUT2D eigenvalue weighted by molar-refractivity contribution is 6.30. The smallest absolute Gasteiger partial charge is 0.331 e. The predicted octanol–water partition coefficient (Wildman–Crippen LogP) is 10.1. The van der Waals surface area contributed by atoms with Crippen LogP contribution in [0.1, 0.15) is 104 Å². The summed E-state index contributed by atoms with van der Waals surface area (Å²) in [6.07, 6.45) is 11.4. The Labute approximate surface area is 341 Å². The molecule has 3 aliphatic carbocycles. The molecule has 57 heavy (non-hydrogen) atoms. The molecule has 0 radical (unpaired) electrons. The Hall–Kier alpha value is -4.27. The van der Waals surface area contributed by atoms with Gasteiger partial charge in [0.1, 0.15) is 24.0 Å². The van der Waals surface area contributed by atoms with Crippen LogP contribution in [0.15, 0.2) is 72.9 Å². The largest absolute Gasteiger partial charge is 0.493 e. The molecule has 9 heteroatoms. The minimum absolute atomic E-state index is 0.0723. The third-order valence-electron chi connectivity index (χ3n) is 13.6. The molecule has 4 heterocycles. The number of benzene rings is 3. The van der Waals surface area contributed by atoms with Crippen LogP contribution in [0.2, 0.25) is 5.02 Å². The highest BCUT2D eigenvalue weighted by Gasteiger charge is 2.55. The Morgan fingerprint density at radius 3 is 2.61 bits per heavy atom. The number of nitrogens with one attached hydrogen (secondary N) is 1. The van der Waals surface area contributed by atoms with Gasteiger partial charge in [0, 0.05) is 34.6 Å². The third kappa shape index (κ3) is 7.84. The molecule has 4 aromatic rings. The number of aryl methyl sites for hydroxylation is 2. The fourth-order valence-corrected chi connectivity index (χ4v) is 10.7. The first-order valence-electron chi connectivity index (χ1n) is 21.2. The van der Waals surface area contributed by atoms with Crippen LogP contribution < -0.4 is 19.5 Å². The van der Waals surface area contributed by atoms with E-state index in [9.17, 15) is 4.79 Å². The second-order valence-electron chi connectivity index (χ2n) is 17.4. The molecule has 1 spiro atoms. The summed E-state index contributed by atoms with van der Waals surface area (Å²) in [6.45, 7) is 7.11. The molecule has 6 aliphatic rings. The van der Waals surface area contributed by atoms with Gasteiger partial charge >= 0.3 is 5.97 Å². The molecule has 3 aromatic carbocycles. The SMILES string of the molecule is Cc1ccc(COCC[C@@H]2COc3cc4c(cc3O2)C[C@@H]2C[C@@H](C)COc3ccnc5c3[C@@H](CCC5)CCOC(=O)C3(Nc5cccc(Cl)c5)CCC42CC3)cc1. The van der Waals surface area contributed by atoms with E-state index in [-0.39, 0.29) is 23.4 Å². The maximum Gasteiger partial charge on any atom is 0.331 e. The van der Waals surface area contributed by atoms with Crippen molar-refractivity contribution in [2.24, 2.45) is 11.8 Å². The molecule has 300 valence electrons. The zero-order chi connectivity index (χ0) is 39.0. The minimum atomic E-state index is -0.866. The molecular weight excluding hydrogens is 736 g/mol. The first-order chi connectivity index (χ1) is 27.8. The van der Waals surface area contributed by atoms with E-state index < -0.39 is 5.54 Å².